The summed E-state index contributed by atoms with van der Waals surface area (Å²) < 4.78 is 5.49. The predicted octanol–water partition coefficient (Wildman–Crippen LogP) is 3.19. The van der Waals surface area contributed by atoms with Gasteiger partial charge >= 0.3 is 0 Å². The van der Waals surface area contributed by atoms with Crippen LogP contribution in [-0.2, 0) is 22.6 Å². The maximum atomic E-state index is 12.0. The van der Waals surface area contributed by atoms with Crippen LogP contribution in [0.4, 0.5) is 5.69 Å². The predicted molar refractivity (Wildman–Crippen MR) is 103 cm³/mol. The molecule has 0 fully saturated rings. The van der Waals surface area contributed by atoms with E-state index < -0.39 is 0 Å². The number of ether oxygens (including phenoxy) is 1. The van der Waals surface area contributed by atoms with E-state index >= 15 is 0 Å². The quantitative estimate of drug-likeness (QED) is 0.714. The maximum Gasteiger partial charge on any atom is 0.258 e. The molecule has 0 aliphatic rings. The molecule has 0 atom stereocenters. The number of nitrogens with one attached hydrogen (secondary N) is 2. The van der Waals surface area contributed by atoms with E-state index in [4.69, 9.17) is 10.00 Å². The molecule has 27 heavy (non-hydrogen) atoms. The van der Waals surface area contributed by atoms with E-state index in [0.29, 0.717) is 18.0 Å². The fourth-order valence-electron chi connectivity index (χ4n) is 2.48. The van der Waals surface area contributed by atoms with E-state index in [0.717, 1.165) is 18.4 Å². The number of carbonyl (C=O) groups excluding carboxylic acids is 2. The van der Waals surface area contributed by atoms with Crippen molar-refractivity contribution in [2.24, 2.45) is 0 Å². The standard InChI is InChI=1S/C21H23N3O3/c1-2-4-16-7-9-19(10-8-16)27-15-21(26)23-14-17-5-3-6-18(13-17)24-20(25)11-12-22/h3,5-10,13H,2,4,11,14-15H2,1H3,(H,23,26)(H,24,25). The normalized spacial score (nSPS) is 9.93. The number of hydrogen-bond acceptors (Lipinski definition) is 4. The van der Waals surface area contributed by atoms with Crippen LogP contribution < -0.4 is 15.4 Å². The van der Waals surface area contributed by atoms with Gasteiger partial charge in [0, 0.05) is 12.2 Å². The van der Waals surface area contributed by atoms with Crippen LogP contribution in [0, 0.1) is 11.3 Å². The number of hydrogen-bond donors (Lipinski definition) is 2. The van der Waals surface area contributed by atoms with Crippen molar-refractivity contribution in [2.75, 3.05) is 11.9 Å². The second-order valence-electron chi connectivity index (χ2n) is 6.04. The Morgan fingerprint density at radius 3 is 2.56 bits per heavy atom. The number of anilines is 1. The van der Waals surface area contributed by atoms with Gasteiger partial charge in [-0.1, -0.05) is 37.6 Å². The molecular weight excluding hydrogens is 342 g/mol. The number of nitriles is 1. The fraction of sp³-hybridized carbons (Fsp3) is 0.286. The van der Waals surface area contributed by atoms with Crippen molar-refractivity contribution in [1.29, 1.82) is 5.26 Å². The van der Waals surface area contributed by atoms with Crippen LogP contribution >= 0.6 is 0 Å². The zero-order valence-electron chi connectivity index (χ0n) is 15.3. The Kier molecular flexibility index (Phi) is 7.86. The SMILES string of the molecule is CCCc1ccc(OCC(=O)NCc2cccc(NC(=O)CC#N)c2)cc1. The van der Waals surface area contributed by atoms with Gasteiger partial charge in [0.05, 0.1) is 6.07 Å². The monoisotopic (exact) mass is 365 g/mol. The first-order valence-corrected chi connectivity index (χ1v) is 8.85. The Hall–Kier alpha value is -3.33. The summed E-state index contributed by atoms with van der Waals surface area (Å²) in [7, 11) is 0. The van der Waals surface area contributed by atoms with Crippen LogP contribution in [-0.4, -0.2) is 18.4 Å². The van der Waals surface area contributed by atoms with Crippen LogP contribution in [0.5, 0.6) is 5.75 Å². The van der Waals surface area contributed by atoms with Gasteiger partial charge in [-0.15, -0.1) is 0 Å². The van der Waals surface area contributed by atoms with Crippen molar-refractivity contribution in [3.8, 4) is 11.8 Å². The lowest BCUT2D eigenvalue weighted by atomic mass is 10.1. The summed E-state index contributed by atoms with van der Waals surface area (Å²) in [6.07, 6.45) is 1.92. The molecule has 2 amide bonds. The zero-order chi connectivity index (χ0) is 19.5. The highest BCUT2D eigenvalue weighted by molar-refractivity contribution is 5.92. The molecule has 0 saturated carbocycles. The van der Waals surface area contributed by atoms with Crippen LogP contribution in [0.3, 0.4) is 0 Å². The Labute approximate surface area is 159 Å². The molecule has 0 spiro atoms. The van der Waals surface area contributed by atoms with Gasteiger partial charge in [0.25, 0.3) is 5.91 Å². The summed E-state index contributed by atoms with van der Waals surface area (Å²) in [5.41, 5.74) is 2.67. The van der Waals surface area contributed by atoms with Crippen LogP contribution in [0.25, 0.3) is 0 Å². The van der Waals surface area contributed by atoms with Crippen LogP contribution in [0.2, 0.25) is 0 Å². The Balaban J connectivity index is 1.78. The summed E-state index contributed by atoms with van der Waals surface area (Å²) in [5.74, 6) is 0.0656. The molecule has 0 heterocycles. The average Bonchev–Trinajstić information content (AvgIpc) is 2.66. The Morgan fingerprint density at radius 2 is 1.85 bits per heavy atom. The fourth-order valence-corrected chi connectivity index (χ4v) is 2.48. The highest BCUT2D eigenvalue weighted by Gasteiger charge is 2.05. The van der Waals surface area contributed by atoms with Crippen LogP contribution in [0.15, 0.2) is 48.5 Å². The molecule has 0 saturated heterocycles. The largest absolute Gasteiger partial charge is 0.484 e. The van der Waals surface area contributed by atoms with Gasteiger partial charge in [-0.25, -0.2) is 0 Å². The summed E-state index contributed by atoms with van der Waals surface area (Å²) in [6, 6.07) is 16.6. The lowest BCUT2D eigenvalue weighted by Gasteiger charge is -2.09. The molecule has 2 N–H and O–H groups in total. The van der Waals surface area contributed by atoms with E-state index in [1.807, 2.05) is 30.3 Å². The molecule has 140 valence electrons. The van der Waals surface area contributed by atoms with Gasteiger partial charge in [0.2, 0.25) is 5.91 Å². The van der Waals surface area contributed by atoms with Gasteiger partial charge < -0.3 is 15.4 Å². The number of amides is 2. The minimum Gasteiger partial charge on any atom is -0.484 e. The second kappa shape index (κ2) is 10.6. The first-order valence-electron chi connectivity index (χ1n) is 8.85. The van der Waals surface area contributed by atoms with Gasteiger partial charge in [0.1, 0.15) is 12.2 Å². The van der Waals surface area contributed by atoms with Crippen molar-refractivity contribution in [2.45, 2.75) is 32.7 Å². The van der Waals surface area contributed by atoms with Gasteiger partial charge in [0.15, 0.2) is 6.61 Å². The number of aryl methyl sites for hydroxylation is 1. The lowest BCUT2D eigenvalue weighted by molar-refractivity contribution is -0.123. The molecule has 2 rings (SSSR count). The summed E-state index contributed by atoms with van der Waals surface area (Å²) in [6.45, 7) is 2.38. The Morgan fingerprint density at radius 1 is 1.07 bits per heavy atom. The molecule has 0 radical (unpaired) electrons. The van der Waals surface area contributed by atoms with Gasteiger partial charge in [-0.2, -0.15) is 5.26 Å². The average molecular weight is 365 g/mol. The maximum absolute atomic E-state index is 12.0. The third kappa shape index (κ3) is 7.20. The summed E-state index contributed by atoms with van der Waals surface area (Å²) in [5, 5.41) is 13.9. The van der Waals surface area contributed by atoms with Crippen molar-refractivity contribution >= 4 is 17.5 Å². The van der Waals surface area contributed by atoms with E-state index in [1.54, 1.807) is 24.3 Å². The van der Waals surface area contributed by atoms with E-state index in [9.17, 15) is 9.59 Å². The molecule has 0 unspecified atom stereocenters. The van der Waals surface area contributed by atoms with Crippen molar-refractivity contribution in [1.82, 2.24) is 5.32 Å². The van der Waals surface area contributed by atoms with Crippen molar-refractivity contribution in [3.05, 3.63) is 59.7 Å². The third-order valence-corrected chi connectivity index (χ3v) is 3.77. The summed E-state index contributed by atoms with van der Waals surface area (Å²) in [4.78, 5) is 23.4. The second-order valence-corrected chi connectivity index (χ2v) is 6.04. The number of rotatable bonds is 9. The van der Waals surface area contributed by atoms with E-state index in [1.165, 1.54) is 5.56 Å². The van der Waals surface area contributed by atoms with Gasteiger partial charge in [-0.3, -0.25) is 9.59 Å². The van der Waals surface area contributed by atoms with E-state index in [2.05, 4.69) is 17.6 Å². The smallest absolute Gasteiger partial charge is 0.258 e. The molecule has 0 aromatic heterocycles. The lowest BCUT2D eigenvalue weighted by Crippen LogP contribution is -2.28. The van der Waals surface area contributed by atoms with Crippen molar-refractivity contribution in [3.63, 3.8) is 0 Å². The van der Waals surface area contributed by atoms with E-state index in [-0.39, 0.29) is 24.8 Å². The molecule has 2 aromatic carbocycles. The molecule has 6 nitrogen and oxygen atoms in total. The third-order valence-electron chi connectivity index (χ3n) is 3.77. The number of nitrogens with zero attached hydrogens (tertiary/aromatic N) is 1. The first-order chi connectivity index (χ1) is 13.1. The molecule has 0 bridgehead atoms. The zero-order valence-corrected chi connectivity index (χ0v) is 15.3. The van der Waals surface area contributed by atoms with Gasteiger partial charge in [-0.05, 0) is 41.8 Å². The van der Waals surface area contributed by atoms with Crippen LogP contribution in [0.1, 0.15) is 30.9 Å². The number of carbonyl (C=O) groups is 2. The molecule has 0 aliphatic carbocycles. The minimum atomic E-state index is -0.364. The molecule has 0 aliphatic heterocycles. The molecule has 2 aromatic rings. The highest BCUT2D eigenvalue weighted by Crippen LogP contribution is 2.13. The first kappa shape index (κ1) is 20.0. The minimum absolute atomic E-state index is 0.0638. The molecule has 6 heteroatoms. The van der Waals surface area contributed by atoms with Crippen molar-refractivity contribution < 1.29 is 14.3 Å². The topological polar surface area (TPSA) is 91.2 Å². The Bertz CT molecular complexity index is 810. The number of benzene rings is 2. The highest BCUT2D eigenvalue weighted by atomic mass is 16.5. The summed E-state index contributed by atoms with van der Waals surface area (Å²) >= 11 is 0. The molecular formula is C21H23N3O3.